The second-order valence-electron chi connectivity index (χ2n) is 6.52. The number of ether oxygens (including phenoxy) is 1. The van der Waals surface area contributed by atoms with Crippen LogP contribution < -0.4 is 5.32 Å². The number of alkyl halides is 3. The van der Waals surface area contributed by atoms with Crippen molar-refractivity contribution in [1.82, 2.24) is 15.0 Å². The molecule has 0 amide bonds. The van der Waals surface area contributed by atoms with Gasteiger partial charge in [0.25, 0.3) is 0 Å². The summed E-state index contributed by atoms with van der Waals surface area (Å²) in [6.45, 7) is 1.09. The van der Waals surface area contributed by atoms with Crippen LogP contribution in [0.25, 0.3) is 11.4 Å². The summed E-state index contributed by atoms with van der Waals surface area (Å²) in [5.41, 5.74) is 0.587. The molecule has 1 fully saturated rings. The van der Waals surface area contributed by atoms with Crippen LogP contribution in [0, 0.1) is 5.92 Å². The standard InChI is InChI=1S/C19H17F3N4OS/c20-19(21,22)13-6-8-24-16(9-13)25-18-26-17(14-3-1-2-7-23-14)15(28-18)11-27-10-12-4-5-12/h1-3,6-9,12H,4-5,10-11H2,(H,24,25,26). The van der Waals surface area contributed by atoms with E-state index in [4.69, 9.17) is 4.74 Å². The summed E-state index contributed by atoms with van der Waals surface area (Å²) >= 11 is 1.33. The van der Waals surface area contributed by atoms with Crippen molar-refractivity contribution < 1.29 is 17.9 Å². The van der Waals surface area contributed by atoms with Gasteiger partial charge in [0.05, 0.1) is 22.7 Å². The molecule has 4 rings (SSSR count). The zero-order valence-corrected chi connectivity index (χ0v) is 15.6. The molecule has 0 spiro atoms. The zero-order valence-electron chi connectivity index (χ0n) is 14.7. The van der Waals surface area contributed by atoms with Crippen LogP contribution >= 0.6 is 11.3 Å². The van der Waals surface area contributed by atoms with Crippen LogP contribution in [0.1, 0.15) is 23.3 Å². The Labute approximate surface area is 163 Å². The lowest BCUT2D eigenvalue weighted by molar-refractivity contribution is -0.137. The van der Waals surface area contributed by atoms with Crippen LogP contribution in [0.15, 0.2) is 42.7 Å². The Hall–Kier alpha value is -2.52. The summed E-state index contributed by atoms with van der Waals surface area (Å²) in [5, 5.41) is 3.31. The molecule has 0 unspecified atom stereocenters. The van der Waals surface area contributed by atoms with Crippen molar-refractivity contribution in [3.8, 4) is 11.4 Å². The predicted molar refractivity (Wildman–Crippen MR) is 100 cm³/mol. The van der Waals surface area contributed by atoms with Crippen molar-refractivity contribution >= 4 is 22.3 Å². The molecule has 0 saturated heterocycles. The average molecular weight is 406 g/mol. The molecule has 0 radical (unpaired) electrons. The van der Waals surface area contributed by atoms with Crippen LogP contribution in [0.3, 0.4) is 0 Å². The molecule has 1 N–H and O–H groups in total. The summed E-state index contributed by atoms with van der Waals surface area (Å²) < 4.78 is 44.5. The monoisotopic (exact) mass is 406 g/mol. The fraction of sp³-hybridized carbons (Fsp3) is 0.316. The van der Waals surface area contributed by atoms with E-state index in [2.05, 4.69) is 20.3 Å². The van der Waals surface area contributed by atoms with Crippen molar-refractivity contribution in [3.05, 3.63) is 53.2 Å². The molecule has 0 aliphatic heterocycles. The fourth-order valence-corrected chi connectivity index (χ4v) is 3.51. The first kappa shape index (κ1) is 18.8. The van der Waals surface area contributed by atoms with Gasteiger partial charge in [0.15, 0.2) is 5.13 Å². The van der Waals surface area contributed by atoms with Crippen LogP contribution in [-0.2, 0) is 17.5 Å². The van der Waals surface area contributed by atoms with E-state index in [0.717, 1.165) is 23.2 Å². The molecule has 1 saturated carbocycles. The predicted octanol–water partition coefficient (Wildman–Crippen LogP) is 5.29. The highest BCUT2D eigenvalue weighted by Gasteiger charge is 2.31. The third kappa shape index (κ3) is 4.66. The van der Waals surface area contributed by atoms with E-state index in [1.54, 1.807) is 6.20 Å². The number of hydrogen-bond acceptors (Lipinski definition) is 6. The van der Waals surface area contributed by atoms with E-state index < -0.39 is 11.7 Å². The lowest BCUT2D eigenvalue weighted by atomic mass is 10.2. The van der Waals surface area contributed by atoms with Crippen LogP contribution in [0.2, 0.25) is 0 Å². The largest absolute Gasteiger partial charge is 0.416 e. The average Bonchev–Trinajstić information content (AvgIpc) is 3.42. The van der Waals surface area contributed by atoms with Gasteiger partial charge in [-0.15, -0.1) is 0 Å². The summed E-state index contributed by atoms with van der Waals surface area (Å²) in [7, 11) is 0. The maximum absolute atomic E-state index is 12.9. The molecule has 1 aliphatic carbocycles. The molecule has 0 aromatic carbocycles. The van der Waals surface area contributed by atoms with E-state index >= 15 is 0 Å². The maximum Gasteiger partial charge on any atom is 0.416 e. The van der Waals surface area contributed by atoms with Crippen LogP contribution in [0.5, 0.6) is 0 Å². The number of thiazole rings is 1. The van der Waals surface area contributed by atoms with Crippen molar-refractivity contribution in [2.75, 3.05) is 11.9 Å². The molecule has 3 aromatic rings. The topological polar surface area (TPSA) is 59.9 Å². The first-order valence-electron chi connectivity index (χ1n) is 8.78. The van der Waals surface area contributed by atoms with E-state index in [1.807, 2.05) is 18.2 Å². The minimum Gasteiger partial charge on any atom is -0.376 e. The van der Waals surface area contributed by atoms with E-state index in [0.29, 0.717) is 35.7 Å². The second kappa shape index (κ2) is 7.84. The Morgan fingerprint density at radius 2 is 2.00 bits per heavy atom. The van der Waals surface area contributed by atoms with Crippen LogP contribution in [-0.4, -0.2) is 21.6 Å². The third-order valence-corrected chi connectivity index (χ3v) is 5.16. The highest BCUT2D eigenvalue weighted by Crippen LogP contribution is 2.35. The lowest BCUT2D eigenvalue weighted by Crippen LogP contribution is -2.06. The number of halogens is 3. The highest BCUT2D eigenvalue weighted by molar-refractivity contribution is 7.16. The van der Waals surface area contributed by atoms with Gasteiger partial charge in [-0.1, -0.05) is 17.4 Å². The first-order chi connectivity index (χ1) is 13.5. The summed E-state index contributed by atoms with van der Waals surface area (Å²) in [5.74, 6) is 0.722. The quantitative estimate of drug-likeness (QED) is 0.578. The fourth-order valence-electron chi connectivity index (χ4n) is 2.59. The number of nitrogens with one attached hydrogen (secondary N) is 1. The van der Waals surface area contributed by atoms with Crippen molar-refractivity contribution in [3.63, 3.8) is 0 Å². The van der Waals surface area contributed by atoms with Crippen molar-refractivity contribution in [2.24, 2.45) is 5.92 Å². The molecule has 146 valence electrons. The SMILES string of the molecule is FC(F)(F)c1ccnc(Nc2nc(-c3ccccn3)c(COCC3CC3)s2)c1. The Bertz CT molecular complexity index is 942. The Morgan fingerprint density at radius 3 is 2.71 bits per heavy atom. The van der Waals surface area contributed by atoms with E-state index in [9.17, 15) is 13.2 Å². The highest BCUT2D eigenvalue weighted by atomic mass is 32.1. The number of pyridine rings is 2. The molecular weight excluding hydrogens is 389 g/mol. The maximum atomic E-state index is 12.9. The Balaban J connectivity index is 1.57. The van der Waals surface area contributed by atoms with Crippen molar-refractivity contribution in [2.45, 2.75) is 25.6 Å². The van der Waals surface area contributed by atoms with Crippen molar-refractivity contribution in [1.29, 1.82) is 0 Å². The van der Waals surface area contributed by atoms with Gasteiger partial charge in [0.1, 0.15) is 11.5 Å². The van der Waals surface area contributed by atoms with Gasteiger partial charge < -0.3 is 10.1 Å². The molecule has 3 aromatic heterocycles. The molecule has 0 bridgehead atoms. The molecular formula is C19H17F3N4OS. The number of nitrogens with zero attached hydrogens (tertiary/aromatic N) is 3. The molecule has 28 heavy (non-hydrogen) atoms. The van der Waals surface area contributed by atoms with Gasteiger partial charge in [0.2, 0.25) is 0 Å². The molecule has 5 nitrogen and oxygen atoms in total. The lowest BCUT2D eigenvalue weighted by Gasteiger charge is -2.08. The Morgan fingerprint density at radius 1 is 1.14 bits per heavy atom. The number of rotatable bonds is 7. The summed E-state index contributed by atoms with van der Waals surface area (Å²) in [6, 6.07) is 7.41. The minimum atomic E-state index is -4.43. The smallest absolute Gasteiger partial charge is 0.376 e. The first-order valence-corrected chi connectivity index (χ1v) is 9.60. The Kier molecular flexibility index (Phi) is 5.27. The minimum absolute atomic E-state index is 0.0848. The van der Waals surface area contributed by atoms with Gasteiger partial charge in [-0.2, -0.15) is 13.2 Å². The zero-order chi connectivity index (χ0) is 19.6. The van der Waals surface area contributed by atoms with Gasteiger partial charge >= 0.3 is 6.18 Å². The molecule has 9 heteroatoms. The van der Waals surface area contributed by atoms with Gasteiger partial charge in [-0.25, -0.2) is 9.97 Å². The van der Waals surface area contributed by atoms with E-state index in [1.165, 1.54) is 24.2 Å². The number of aromatic nitrogens is 3. The molecule has 3 heterocycles. The summed E-state index contributed by atoms with van der Waals surface area (Å²) in [4.78, 5) is 13.7. The van der Waals surface area contributed by atoms with Gasteiger partial charge in [-0.3, -0.25) is 4.98 Å². The van der Waals surface area contributed by atoms with E-state index in [-0.39, 0.29) is 5.82 Å². The molecule has 1 aliphatic rings. The number of hydrogen-bond donors (Lipinski definition) is 1. The second-order valence-corrected chi connectivity index (χ2v) is 7.60. The normalized spacial score (nSPS) is 14.2. The van der Waals surface area contributed by atoms with Gasteiger partial charge in [0, 0.05) is 19.0 Å². The van der Waals surface area contributed by atoms with Gasteiger partial charge in [-0.05, 0) is 43.0 Å². The third-order valence-electron chi connectivity index (χ3n) is 4.21. The van der Waals surface area contributed by atoms with Crippen LogP contribution in [0.4, 0.5) is 24.1 Å². The summed E-state index contributed by atoms with van der Waals surface area (Å²) in [6.07, 6.45) is 0.764. The number of anilines is 2. The molecule has 0 atom stereocenters.